The summed E-state index contributed by atoms with van der Waals surface area (Å²) in [4.78, 5) is 9.89. The fourth-order valence-corrected chi connectivity index (χ4v) is 2.63. The van der Waals surface area contributed by atoms with Gasteiger partial charge in [0.25, 0.3) is 0 Å². The molecule has 0 radical (unpaired) electrons. The Morgan fingerprint density at radius 1 is 1.45 bits per heavy atom. The molecule has 0 atom stereocenters. The Balaban J connectivity index is 3.01. The van der Waals surface area contributed by atoms with Crippen molar-refractivity contribution >= 4 is 22.1 Å². The smallest absolute Gasteiger partial charge is 0.328 e. The molecule has 0 spiro atoms. The Bertz CT molecular complexity index is 623. The number of carboxylic acid groups (broad SMARTS) is 1. The van der Waals surface area contributed by atoms with Gasteiger partial charge in [0.15, 0.2) is 0 Å². The monoisotopic (exact) mass is 301 g/mol. The molecule has 0 aliphatic heterocycles. The first-order valence-corrected chi connectivity index (χ1v) is 7.41. The number of hydrogen-bond acceptors (Lipinski definition) is 3. The van der Waals surface area contributed by atoms with Crippen molar-refractivity contribution in [2.45, 2.75) is 18.7 Å². The van der Waals surface area contributed by atoms with E-state index in [1.807, 2.05) is 13.8 Å². The van der Waals surface area contributed by atoms with Gasteiger partial charge in [-0.25, -0.2) is 22.3 Å². The van der Waals surface area contributed by atoms with Crippen LogP contribution in [-0.4, -0.2) is 26.0 Å². The van der Waals surface area contributed by atoms with E-state index in [0.29, 0.717) is 0 Å². The Hall–Kier alpha value is -1.73. The first-order valence-electron chi connectivity index (χ1n) is 5.92. The number of benzene rings is 1. The lowest BCUT2D eigenvalue weighted by atomic mass is 10.2. The molecule has 110 valence electrons. The molecule has 0 saturated carbocycles. The maximum atomic E-state index is 13.8. The summed E-state index contributed by atoms with van der Waals surface area (Å²) in [6.07, 6.45) is 2.03. The summed E-state index contributed by atoms with van der Waals surface area (Å²) in [5.74, 6) is -1.99. The number of hydrogen-bond donors (Lipinski definition) is 2. The number of sulfonamides is 1. The molecule has 0 heterocycles. The number of rotatable bonds is 6. The zero-order valence-electron chi connectivity index (χ0n) is 11.1. The van der Waals surface area contributed by atoms with Gasteiger partial charge < -0.3 is 5.11 Å². The first kappa shape index (κ1) is 16.3. The molecule has 0 unspecified atom stereocenters. The van der Waals surface area contributed by atoms with Gasteiger partial charge in [0.1, 0.15) is 10.7 Å². The normalized spacial score (nSPS) is 12.2. The van der Waals surface area contributed by atoms with Crippen LogP contribution in [0.4, 0.5) is 4.39 Å². The van der Waals surface area contributed by atoms with E-state index in [1.165, 1.54) is 12.1 Å². The molecule has 0 aliphatic rings. The quantitative estimate of drug-likeness (QED) is 0.786. The van der Waals surface area contributed by atoms with E-state index in [1.54, 1.807) is 0 Å². The number of carbonyl (C=O) groups is 1. The standard InChI is InChI=1S/C13H16FNO4S/c1-9(2)8-15-20(18,19)12-5-3-10(7-11(12)14)4-6-13(16)17/h3-7,9,15H,8H2,1-2H3,(H,16,17)/b6-4+. The highest BCUT2D eigenvalue weighted by molar-refractivity contribution is 7.89. The van der Waals surface area contributed by atoms with Gasteiger partial charge in [-0.05, 0) is 29.7 Å². The largest absolute Gasteiger partial charge is 0.478 e. The maximum Gasteiger partial charge on any atom is 0.328 e. The van der Waals surface area contributed by atoms with Crippen LogP contribution in [-0.2, 0) is 14.8 Å². The van der Waals surface area contributed by atoms with Gasteiger partial charge >= 0.3 is 5.97 Å². The zero-order valence-corrected chi connectivity index (χ0v) is 11.9. The van der Waals surface area contributed by atoms with E-state index in [2.05, 4.69) is 4.72 Å². The van der Waals surface area contributed by atoms with Gasteiger partial charge in [-0.15, -0.1) is 0 Å². The summed E-state index contributed by atoms with van der Waals surface area (Å²) in [5.41, 5.74) is 0.271. The molecule has 0 aliphatic carbocycles. The third-order valence-corrected chi connectivity index (χ3v) is 3.80. The predicted octanol–water partition coefficient (Wildman–Crippen LogP) is 1.86. The van der Waals surface area contributed by atoms with Crippen molar-refractivity contribution in [2.24, 2.45) is 5.92 Å². The molecule has 2 N–H and O–H groups in total. The number of aliphatic carboxylic acids is 1. The van der Waals surface area contributed by atoms with Crippen molar-refractivity contribution in [3.8, 4) is 0 Å². The number of halogens is 1. The van der Waals surface area contributed by atoms with E-state index in [9.17, 15) is 17.6 Å². The highest BCUT2D eigenvalue weighted by Gasteiger charge is 2.18. The lowest BCUT2D eigenvalue weighted by Crippen LogP contribution is -2.28. The van der Waals surface area contributed by atoms with Crippen LogP contribution < -0.4 is 4.72 Å². The van der Waals surface area contributed by atoms with Crippen molar-refractivity contribution < 1.29 is 22.7 Å². The minimum atomic E-state index is -3.90. The van der Waals surface area contributed by atoms with Crippen molar-refractivity contribution in [3.05, 3.63) is 35.7 Å². The van der Waals surface area contributed by atoms with Crippen molar-refractivity contribution in [1.82, 2.24) is 4.72 Å². The summed E-state index contributed by atoms with van der Waals surface area (Å²) in [6.45, 7) is 3.87. The average Bonchev–Trinajstić information content (AvgIpc) is 2.34. The van der Waals surface area contributed by atoms with Crippen LogP contribution >= 0.6 is 0 Å². The fraction of sp³-hybridized carbons (Fsp3) is 0.308. The van der Waals surface area contributed by atoms with E-state index < -0.39 is 26.7 Å². The minimum absolute atomic E-state index is 0.102. The third kappa shape index (κ3) is 4.75. The van der Waals surface area contributed by atoms with E-state index >= 15 is 0 Å². The van der Waals surface area contributed by atoms with Gasteiger partial charge in [-0.1, -0.05) is 19.9 Å². The van der Waals surface area contributed by atoms with Gasteiger partial charge in [0, 0.05) is 12.6 Å². The number of nitrogens with one attached hydrogen (secondary N) is 1. The molecule has 5 nitrogen and oxygen atoms in total. The minimum Gasteiger partial charge on any atom is -0.478 e. The summed E-state index contributed by atoms with van der Waals surface area (Å²) in [5, 5.41) is 8.46. The van der Waals surface area contributed by atoms with Crippen molar-refractivity contribution in [3.63, 3.8) is 0 Å². The molecular weight excluding hydrogens is 285 g/mol. The van der Waals surface area contributed by atoms with Crippen LogP contribution in [0.25, 0.3) is 6.08 Å². The molecule has 20 heavy (non-hydrogen) atoms. The molecule has 0 aromatic heterocycles. The lowest BCUT2D eigenvalue weighted by molar-refractivity contribution is -0.131. The third-order valence-electron chi connectivity index (χ3n) is 2.35. The summed E-state index contributed by atoms with van der Waals surface area (Å²) in [7, 11) is -3.90. The Morgan fingerprint density at radius 3 is 2.60 bits per heavy atom. The highest BCUT2D eigenvalue weighted by atomic mass is 32.2. The van der Waals surface area contributed by atoms with E-state index in [-0.39, 0.29) is 18.0 Å². The second-order valence-electron chi connectivity index (χ2n) is 4.61. The van der Waals surface area contributed by atoms with Crippen LogP contribution in [0.1, 0.15) is 19.4 Å². The molecule has 7 heteroatoms. The lowest BCUT2D eigenvalue weighted by Gasteiger charge is -2.09. The predicted molar refractivity (Wildman–Crippen MR) is 73.1 cm³/mol. The summed E-state index contributed by atoms with van der Waals surface area (Å²) < 4.78 is 39.8. The molecule has 0 bridgehead atoms. The topological polar surface area (TPSA) is 83.5 Å². The van der Waals surface area contributed by atoms with E-state index in [4.69, 9.17) is 5.11 Å². The van der Waals surface area contributed by atoms with Crippen molar-refractivity contribution in [1.29, 1.82) is 0 Å². The van der Waals surface area contributed by atoms with Crippen LogP contribution in [0.2, 0.25) is 0 Å². The molecule has 0 saturated heterocycles. The summed E-state index contributed by atoms with van der Waals surface area (Å²) >= 11 is 0. The zero-order chi connectivity index (χ0) is 15.3. The highest BCUT2D eigenvalue weighted by Crippen LogP contribution is 2.17. The molecule has 1 aromatic rings. The van der Waals surface area contributed by atoms with Crippen LogP contribution in [0.5, 0.6) is 0 Å². The second-order valence-corrected chi connectivity index (χ2v) is 6.34. The molecule has 0 amide bonds. The van der Waals surface area contributed by atoms with Crippen LogP contribution in [0, 0.1) is 11.7 Å². The molecular formula is C13H16FNO4S. The Morgan fingerprint density at radius 2 is 2.10 bits per heavy atom. The SMILES string of the molecule is CC(C)CNS(=O)(=O)c1ccc(/C=C/C(=O)O)cc1F. The molecule has 1 rings (SSSR count). The van der Waals surface area contributed by atoms with Gasteiger partial charge in [-0.2, -0.15) is 0 Å². The maximum absolute atomic E-state index is 13.8. The van der Waals surface area contributed by atoms with Crippen molar-refractivity contribution in [2.75, 3.05) is 6.54 Å². The van der Waals surface area contributed by atoms with Gasteiger partial charge in [0.05, 0.1) is 0 Å². The molecule has 0 fully saturated rings. The summed E-state index contributed by atoms with van der Waals surface area (Å²) in [6, 6.07) is 3.43. The average molecular weight is 301 g/mol. The Kier molecular flexibility index (Phi) is 5.41. The number of carboxylic acids is 1. The van der Waals surface area contributed by atoms with E-state index in [0.717, 1.165) is 18.2 Å². The van der Waals surface area contributed by atoms with Gasteiger partial charge in [0.2, 0.25) is 10.0 Å². The second kappa shape index (κ2) is 6.62. The first-order chi connectivity index (χ1) is 9.22. The Labute approximate surface area is 117 Å². The fourth-order valence-electron chi connectivity index (χ4n) is 1.36. The van der Waals surface area contributed by atoms with Crippen LogP contribution in [0.3, 0.4) is 0 Å². The molecule has 1 aromatic carbocycles. The van der Waals surface area contributed by atoms with Crippen LogP contribution in [0.15, 0.2) is 29.2 Å². The van der Waals surface area contributed by atoms with Gasteiger partial charge in [-0.3, -0.25) is 0 Å².